The Bertz CT molecular complexity index is 483. The maximum atomic E-state index is 11.3. The van der Waals surface area contributed by atoms with Crippen molar-refractivity contribution in [2.45, 2.75) is 19.4 Å². The molecule has 0 saturated carbocycles. The SMILES string of the molecule is CC(N)Cc1ccc(OCC(=O)NCC#N)c(Br)c1. The van der Waals surface area contributed by atoms with Crippen molar-refractivity contribution in [1.82, 2.24) is 5.32 Å². The van der Waals surface area contributed by atoms with E-state index >= 15 is 0 Å². The first-order valence-corrected chi connectivity index (χ1v) is 6.62. The van der Waals surface area contributed by atoms with Gasteiger partial charge in [0.05, 0.1) is 10.5 Å². The standard InChI is InChI=1S/C13H16BrN3O2/c1-9(16)6-10-2-3-12(11(14)7-10)19-8-13(18)17-5-4-15/h2-3,7,9H,5-6,8,16H2,1H3,(H,17,18). The lowest BCUT2D eigenvalue weighted by molar-refractivity contribution is -0.122. The van der Waals surface area contributed by atoms with Crippen molar-refractivity contribution in [3.8, 4) is 11.8 Å². The molecule has 6 heteroatoms. The molecule has 19 heavy (non-hydrogen) atoms. The number of carbonyl (C=O) groups is 1. The van der Waals surface area contributed by atoms with Crippen molar-refractivity contribution in [2.75, 3.05) is 13.2 Å². The molecule has 0 spiro atoms. The summed E-state index contributed by atoms with van der Waals surface area (Å²) in [4.78, 5) is 11.3. The second-order valence-electron chi connectivity index (χ2n) is 4.17. The summed E-state index contributed by atoms with van der Waals surface area (Å²) in [7, 11) is 0. The topological polar surface area (TPSA) is 88.1 Å². The Hall–Kier alpha value is -1.58. The molecule has 0 radical (unpaired) electrons. The van der Waals surface area contributed by atoms with Gasteiger partial charge in [-0.3, -0.25) is 4.79 Å². The van der Waals surface area contributed by atoms with E-state index in [1.165, 1.54) is 0 Å². The Balaban J connectivity index is 2.55. The third-order valence-corrected chi connectivity index (χ3v) is 2.90. The summed E-state index contributed by atoms with van der Waals surface area (Å²) in [6.45, 7) is 1.81. The first-order chi connectivity index (χ1) is 9.02. The summed E-state index contributed by atoms with van der Waals surface area (Å²) in [6, 6.07) is 7.55. The Labute approximate surface area is 120 Å². The van der Waals surface area contributed by atoms with Crippen molar-refractivity contribution in [3.05, 3.63) is 28.2 Å². The smallest absolute Gasteiger partial charge is 0.258 e. The largest absolute Gasteiger partial charge is 0.483 e. The summed E-state index contributed by atoms with van der Waals surface area (Å²) in [5.41, 5.74) is 6.83. The van der Waals surface area contributed by atoms with Crippen LogP contribution in [-0.4, -0.2) is 25.1 Å². The van der Waals surface area contributed by atoms with Crippen LogP contribution < -0.4 is 15.8 Å². The average Bonchev–Trinajstić information content (AvgIpc) is 2.34. The summed E-state index contributed by atoms with van der Waals surface area (Å²) in [6.07, 6.45) is 0.779. The number of hydrogen-bond acceptors (Lipinski definition) is 4. The molecule has 0 aliphatic rings. The van der Waals surface area contributed by atoms with Crippen molar-refractivity contribution in [1.29, 1.82) is 5.26 Å². The zero-order valence-electron chi connectivity index (χ0n) is 10.6. The number of hydrogen-bond donors (Lipinski definition) is 2. The molecule has 5 nitrogen and oxygen atoms in total. The number of nitrogens with zero attached hydrogens (tertiary/aromatic N) is 1. The minimum Gasteiger partial charge on any atom is -0.483 e. The summed E-state index contributed by atoms with van der Waals surface area (Å²) < 4.78 is 6.13. The number of nitrogens with one attached hydrogen (secondary N) is 1. The number of ether oxygens (including phenoxy) is 1. The first kappa shape index (κ1) is 15.5. The van der Waals surface area contributed by atoms with Crippen LogP contribution in [0.3, 0.4) is 0 Å². The minimum absolute atomic E-state index is 0.0172. The van der Waals surface area contributed by atoms with Gasteiger partial charge in [-0.1, -0.05) is 6.07 Å². The van der Waals surface area contributed by atoms with Gasteiger partial charge in [-0.05, 0) is 47.0 Å². The normalized spacial score (nSPS) is 11.5. The van der Waals surface area contributed by atoms with Gasteiger partial charge in [-0.15, -0.1) is 0 Å². The Kier molecular flexibility index (Phi) is 6.33. The Morgan fingerprint density at radius 3 is 2.95 bits per heavy atom. The van der Waals surface area contributed by atoms with E-state index in [9.17, 15) is 4.79 Å². The molecule has 0 aliphatic heterocycles. The lowest BCUT2D eigenvalue weighted by Crippen LogP contribution is -2.29. The lowest BCUT2D eigenvalue weighted by Gasteiger charge is -2.10. The zero-order chi connectivity index (χ0) is 14.3. The third kappa shape index (κ3) is 5.73. The lowest BCUT2D eigenvalue weighted by atomic mass is 10.1. The van der Waals surface area contributed by atoms with Gasteiger partial charge >= 0.3 is 0 Å². The molecule has 1 atom stereocenters. The summed E-state index contributed by atoms with van der Waals surface area (Å²) in [5, 5.41) is 10.7. The second-order valence-corrected chi connectivity index (χ2v) is 5.02. The fourth-order valence-electron chi connectivity index (χ4n) is 1.49. The Morgan fingerprint density at radius 2 is 2.37 bits per heavy atom. The average molecular weight is 326 g/mol. The molecule has 1 aromatic carbocycles. The zero-order valence-corrected chi connectivity index (χ0v) is 12.2. The molecule has 1 unspecified atom stereocenters. The van der Waals surface area contributed by atoms with E-state index in [1.807, 2.05) is 25.1 Å². The van der Waals surface area contributed by atoms with E-state index < -0.39 is 0 Å². The molecule has 0 heterocycles. The van der Waals surface area contributed by atoms with Crippen molar-refractivity contribution in [2.24, 2.45) is 5.73 Å². The molecule has 0 fully saturated rings. The van der Waals surface area contributed by atoms with Crippen LogP contribution in [0.15, 0.2) is 22.7 Å². The van der Waals surface area contributed by atoms with E-state index in [0.29, 0.717) is 5.75 Å². The monoisotopic (exact) mass is 325 g/mol. The van der Waals surface area contributed by atoms with Gasteiger partial charge in [-0.2, -0.15) is 5.26 Å². The number of carbonyl (C=O) groups excluding carboxylic acids is 1. The number of nitriles is 1. The predicted octanol–water partition coefficient (Wildman–Crippen LogP) is 1.36. The van der Waals surface area contributed by atoms with Crippen LogP contribution in [0.1, 0.15) is 12.5 Å². The van der Waals surface area contributed by atoms with E-state index in [2.05, 4.69) is 21.2 Å². The molecule has 0 saturated heterocycles. The van der Waals surface area contributed by atoms with Crippen molar-refractivity contribution in [3.63, 3.8) is 0 Å². The quantitative estimate of drug-likeness (QED) is 0.773. The molecule has 0 aliphatic carbocycles. The van der Waals surface area contributed by atoms with Gasteiger partial charge < -0.3 is 15.8 Å². The highest BCUT2D eigenvalue weighted by Crippen LogP contribution is 2.26. The number of halogens is 1. The van der Waals surface area contributed by atoms with Gasteiger partial charge in [0.1, 0.15) is 12.3 Å². The summed E-state index contributed by atoms with van der Waals surface area (Å²) in [5.74, 6) is 0.258. The molecule has 0 aromatic heterocycles. The van der Waals surface area contributed by atoms with Crippen molar-refractivity contribution >= 4 is 21.8 Å². The first-order valence-electron chi connectivity index (χ1n) is 5.83. The highest BCUT2D eigenvalue weighted by molar-refractivity contribution is 9.10. The van der Waals surface area contributed by atoms with Gasteiger partial charge in [0.2, 0.25) is 0 Å². The number of nitrogens with two attached hydrogens (primary N) is 1. The summed E-state index contributed by atoms with van der Waals surface area (Å²) >= 11 is 3.39. The van der Waals surface area contributed by atoms with E-state index in [-0.39, 0.29) is 25.1 Å². The molecular formula is C13H16BrN3O2. The van der Waals surface area contributed by atoms with Crippen LogP contribution in [0.25, 0.3) is 0 Å². The number of benzene rings is 1. The fourth-order valence-corrected chi connectivity index (χ4v) is 2.03. The van der Waals surface area contributed by atoms with Crippen LogP contribution in [0, 0.1) is 11.3 Å². The molecule has 102 valence electrons. The molecule has 1 rings (SSSR count). The van der Waals surface area contributed by atoms with Crippen LogP contribution >= 0.6 is 15.9 Å². The highest BCUT2D eigenvalue weighted by atomic mass is 79.9. The van der Waals surface area contributed by atoms with Gasteiger partial charge in [0, 0.05) is 6.04 Å². The number of amides is 1. The van der Waals surface area contributed by atoms with Gasteiger partial charge in [0.25, 0.3) is 5.91 Å². The maximum Gasteiger partial charge on any atom is 0.258 e. The van der Waals surface area contributed by atoms with E-state index in [0.717, 1.165) is 16.5 Å². The van der Waals surface area contributed by atoms with Crippen LogP contribution in [-0.2, 0) is 11.2 Å². The molecule has 1 aromatic rings. The minimum atomic E-state index is -0.326. The van der Waals surface area contributed by atoms with Crippen LogP contribution in [0.2, 0.25) is 0 Å². The molecule has 0 bridgehead atoms. The second kappa shape index (κ2) is 7.77. The Morgan fingerprint density at radius 1 is 1.63 bits per heavy atom. The number of rotatable bonds is 6. The van der Waals surface area contributed by atoms with Gasteiger partial charge in [-0.25, -0.2) is 0 Å². The van der Waals surface area contributed by atoms with E-state index in [1.54, 1.807) is 6.07 Å². The fraction of sp³-hybridized carbons (Fsp3) is 0.385. The van der Waals surface area contributed by atoms with E-state index in [4.69, 9.17) is 15.7 Å². The van der Waals surface area contributed by atoms with Crippen LogP contribution in [0.4, 0.5) is 0 Å². The maximum absolute atomic E-state index is 11.3. The predicted molar refractivity (Wildman–Crippen MR) is 75.6 cm³/mol. The molecular weight excluding hydrogens is 310 g/mol. The molecule has 1 amide bonds. The third-order valence-electron chi connectivity index (χ3n) is 2.28. The molecule has 3 N–H and O–H groups in total. The highest BCUT2D eigenvalue weighted by Gasteiger charge is 2.07. The van der Waals surface area contributed by atoms with Crippen molar-refractivity contribution < 1.29 is 9.53 Å². The van der Waals surface area contributed by atoms with Crippen LogP contribution in [0.5, 0.6) is 5.75 Å². The van der Waals surface area contributed by atoms with Gasteiger partial charge in [0.15, 0.2) is 6.61 Å².